The van der Waals surface area contributed by atoms with Crippen molar-refractivity contribution in [2.24, 2.45) is 0 Å². The van der Waals surface area contributed by atoms with Crippen LogP contribution in [0.1, 0.15) is 0 Å². The Morgan fingerprint density at radius 3 is 1.76 bits per heavy atom. The molecule has 0 bridgehead atoms. The minimum Gasteiger partial charge on any atom is -0.456 e. The van der Waals surface area contributed by atoms with Crippen LogP contribution in [0.3, 0.4) is 0 Å². The van der Waals surface area contributed by atoms with E-state index < -0.39 is 0 Å². The van der Waals surface area contributed by atoms with E-state index in [1.807, 2.05) is 24.3 Å². The van der Waals surface area contributed by atoms with E-state index in [2.05, 4.69) is 176 Å². The van der Waals surface area contributed by atoms with Gasteiger partial charge in [0.15, 0.2) is 17.5 Å². The summed E-state index contributed by atoms with van der Waals surface area (Å²) in [6, 6.07) is 69.9. The summed E-state index contributed by atoms with van der Waals surface area (Å²) in [5.74, 6) is 1.75. The Hall–Kier alpha value is -8.41. The molecule has 10 aromatic carbocycles. The molecule has 0 N–H and O–H groups in total. The van der Waals surface area contributed by atoms with Gasteiger partial charge in [-0.2, -0.15) is 0 Å². The van der Waals surface area contributed by atoms with E-state index in [9.17, 15) is 0 Å². The van der Waals surface area contributed by atoms with Crippen molar-refractivity contribution in [3.8, 4) is 56.4 Å². The summed E-state index contributed by atoms with van der Waals surface area (Å²) < 4.78 is 13.0. The molecule has 0 unspecified atom stereocenters. The lowest BCUT2D eigenvalue weighted by Gasteiger charge is -2.11. The number of benzene rings is 10. The molecule has 3 heterocycles. The van der Waals surface area contributed by atoms with Crippen molar-refractivity contribution in [1.29, 1.82) is 0 Å². The highest BCUT2D eigenvalue weighted by Gasteiger charge is 2.20. The summed E-state index contributed by atoms with van der Waals surface area (Å²) in [5, 5.41) is 11.2. The molecule has 0 spiro atoms. The lowest BCUT2D eigenvalue weighted by molar-refractivity contribution is 0.669. The van der Waals surface area contributed by atoms with Crippen molar-refractivity contribution in [1.82, 2.24) is 15.0 Å². The van der Waals surface area contributed by atoms with E-state index in [4.69, 9.17) is 23.8 Å². The van der Waals surface area contributed by atoms with Crippen molar-refractivity contribution in [3.05, 3.63) is 200 Å². The van der Waals surface area contributed by atoms with Gasteiger partial charge in [0.1, 0.15) is 22.3 Å². The fourth-order valence-electron chi connectivity index (χ4n) is 9.34. The Balaban J connectivity index is 0.997. The number of fused-ring (bicyclic) bond motifs is 10. The molecule has 5 heteroatoms. The molecule has 0 saturated carbocycles. The zero-order valence-electron chi connectivity index (χ0n) is 33.2. The molecule has 0 aliphatic rings. The molecular weight excluding hydrogens is 759 g/mol. The first-order chi connectivity index (χ1) is 30.7. The molecule has 13 rings (SSSR count). The molecule has 3 aromatic heterocycles. The smallest absolute Gasteiger partial charge is 0.164 e. The van der Waals surface area contributed by atoms with E-state index in [0.29, 0.717) is 17.5 Å². The predicted molar refractivity (Wildman–Crippen MR) is 254 cm³/mol. The van der Waals surface area contributed by atoms with E-state index >= 15 is 0 Å². The number of rotatable bonds is 5. The summed E-state index contributed by atoms with van der Waals surface area (Å²) >= 11 is 0. The molecule has 62 heavy (non-hydrogen) atoms. The van der Waals surface area contributed by atoms with Gasteiger partial charge in [0.25, 0.3) is 0 Å². The van der Waals surface area contributed by atoms with E-state index in [1.165, 1.54) is 27.1 Å². The number of furan rings is 2. The number of para-hydroxylation sites is 2. The van der Waals surface area contributed by atoms with Crippen molar-refractivity contribution in [2.75, 3.05) is 0 Å². The second kappa shape index (κ2) is 13.6. The maximum absolute atomic E-state index is 6.76. The lowest BCUT2D eigenvalue weighted by Crippen LogP contribution is -2.00. The van der Waals surface area contributed by atoms with Crippen LogP contribution >= 0.6 is 0 Å². The van der Waals surface area contributed by atoms with Gasteiger partial charge in [0.2, 0.25) is 0 Å². The highest BCUT2D eigenvalue weighted by molar-refractivity contribution is 6.19. The molecule has 0 aliphatic heterocycles. The number of hydrogen-bond acceptors (Lipinski definition) is 5. The van der Waals surface area contributed by atoms with Gasteiger partial charge in [-0.15, -0.1) is 0 Å². The Morgan fingerprint density at radius 2 is 0.855 bits per heavy atom. The Morgan fingerprint density at radius 1 is 0.274 bits per heavy atom. The summed E-state index contributed by atoms with van der Waals surface area (Å²) in [5.41, 5.74) is 10.5. The molecular formula is C57H33N3O2. The van der Waals surface area contributed by atoms with Gasteiger partial charge in [-0.25, -0.2) is 15.0 Å². The second-order valence-electron chi connectivity index (χ2n) is 15.9. The molecule has 13 aromatic rings. The van der Waals surface area contributed by atoms with Crippen LogP contribution in [0.5, 0.6) is 0 Å². The zero-order valence-corrected chi connectivity index (χ0v) is 33.2. The largest absolute Gasteiger partial charge is 0.456 e. The summed E-state index contributed by atoms with van der Waals surface area (Å²) in [6.45, 7) is 0. The molecule has 288 valence electrons. The summed E-state index contributed by atoms with van der Waals surface area (Å²) in [7, 11) is 0. The molecule has 0 radical (unpaired) electrons. The van der Waals surface area contributed by atoms with Gasteiger partial charge in [0.05, 0.1) is 0 Å². The van der Waals surface area contributed by atoms with Crippen LogP contribution < -0.4 is 0 Å². The monoisotopic (exact) mass is 791 g/mol. The molecule has 0 atom stereocenters. The fourth-order valence-corrected chi connectivity index (χ4v) is 9.34. The molecule has 0 saturated heterocycles. The number of aromatic nitrogens is 3. The molecule has 0 fully saturated rings. The quantitative estimate of drug-likeness (QED) is 0.174. The van der Waals surface area contributed by atoms with E-state index in [0.717, 1.165) is 88.0 Å². The second-order valence-corrected chi connectivity index (χ2v) is 15.9. The average Bonchev–Trinajstić information content (AvgIpc) is 3.93. The maximum atomic E-state index is 6.76. The third-order valence-electron chi connectivity index (χ3n) is 12.3. The Bertz CT molecular complexity index is 3930. The topological polar surface area (TPSA) is 65.0 Å². The Labute approximate surface area is 355 Å². The van der Waals surface area contributed by atoms with Crippen LogP contribution in [0.15, 0.2) is 209 Å². The van der Waals surface area contributed by atoms with Crippen LogP contribution in [0, 0.1) is 0 Å². The fraction of sp³-hybridized carbons (Fsp3) is 0. The van der Waals surface area contributed by atoms with Crippen LogP contribution in [0.4, 0.5) is 0 Å². The molecule has 5 nitrogen and oxygen atoms in total. The van der Waals surface area contributed by atoms with Crippen molar-refractivity contribution in [2.45, 2.75) is 0 Å². The van der Waals surface area contributed by atoms with Crippen LogP contribution in [0.25, 0.3) is 133 Å². The minimum atomic E-state index is 0.573. The van der Waals surface area contributed by atoms with Gasteiger partial charge >= 0.3 is 0 Å². The molecule has 0 aliphatic carbocycles. The standard InChI is InChI=1S/C57H33N3O2/c1-2-12-38-32-40(27-22-34(38)10-1)45-17-8-18-47-53-48(19-9-21-50(53)62-54(45)47)57-59-55(37-25-23-36(24-26-37)43-16-7-13-35-11-3-4-14-42(35)43)58-56(60-57)41-28-30-44-39(33-41)29-31-51-52(44)46-15-5-6-20-49(46)61-51/h1-33H. The van der Waals surface area contributed by atoms with Gasteiger partial charge in [0, 0.05) is 43.8 Å². The van der Waals surface area contributed by atoms with Gasteiger partial charge in [-0.1, -0.05) is 170 Å². The first-order valence-corrected chi connectivity index (χ1v) is 20.8. The third kappa shape index (κ3) is 5.45. The Kier molecular flexibility index (Phi) is 7.54. The van der Waals surface area contributed by atoms with Gasteiger partial charge < -0.3 is 8.83 Å². The lowest BCUT2D eigenvalue weighted by atomic mass is 9.97. The number of nitrogens with zero attached hydrogens (tertiary/aromatic N) is 3. The number of hydrogen-bond donors (Lipinski definition) is 0. The molecule has 0 amide bonds. The average molecular weight is 792 g/mol. The summed E-state index contributed by atoms with van der Waals surface area (Å²) in [6.07, 6.45) is 0. The van der Waals surface area contributed by atoms with Crippen molar-refractivity contribution in [3.63, 3.8) is 0 Å². The predicted octanol–water partition coefficient (Wildman–Crippen LogP) is 15.5. The highest BCUT2D eigenvalue weighted by Crippen LogP contribution is 2.42. The first kappa shape index (κ1) is 34.5. The van der Waals surface area contributed by atoms with Gasteiger partial charge in [-0.3, -0.25) is 0 Å². The highest BCUT2D eigenvalue weighted by atomic mass is 16.3. The minimum absolute atomic E-state index is 0.573. The summed E-state index contributed by atoms with van der Waals surface area (Å²) in [4.78, 5) is 15.7. The van der Waals surface area contributed by atoms with E-state index in [-0.39, 0.29) is 0 Å². The first-order valence-electron chi connectivity index (χ1n) is 20.8. The SMILES string of the molecule is c1ccc2cc(-c3cccc4c3oc3cccc(-c5nc(-c6ccc(-c7cccc8ccccc78)cc6)nc(-c6ccc7c(ccc8oc9ccccc9c87)c6)n5)c34)ccc2c1. The third-order valence-corrected chi connectivity index (χ3v) is 12.3. The van der Waals surface area contributed by atoms with Gasteiger partial charge in [-0.05, 0) is 79.3 Å². The van der Waals surface area contributed by atoms with Crippen molar-refractivity contribution < 1.29 is 8.83 Å². The normalized spacial score (nSPS) is 11.9. The van der Waals surface area contributed by atoms with Crippen LogP contribution in [0.2, 0.25) is 0 Å². The van der Waals surface area contributed by atoms with Crippen LogP contribution in [-0.4, -0.2) is 15.0 Å². The zero-order chi connectivity index (χ0) is 40.7. The van der Waals surface area contributed by atoms with E-state index in [1.54, 1.807) is 0 Å². The van der Waals surface area contributed by atoms with Crippen LogP contribution in [-0.2, 0) is 0 Å². The maximum Gasteiger partial charge on any atom is 0.164 e. The van der Waals surface area contributed by atoms with Crippen molar-refractivity contribution >= 4 is 76.2 Å².